The van der Waals surface area contributed by atoms with Crippen molar-refractivity contribution in [2.24, 2.45) is 0 Å². The van der Waals surface area contributed by atoms with Crippen LogP contribution in [0.4, 0.5) is 0 Å². The van der Waals surface area contributed by atoms with Crippen molar-refractivity contribution in [3.05, 3.63) is 36.0 Å². The molecule has 1 fully saturated rings. The first-order valence-electron chi connectivity index (χ1n) is 7.84. The van der Waals surface area contributed by atoms with E-state index in [2.05, 4.69) is 45.8 Å². The molecule has 0 radical (unpaired) electrons. The Morgan fingerprint density at radius 3 is 2.91 bits per heavy atom. The number of hydrogen-bond acceptors (Lipinski definition) is 6. The van der Waals surface area contributed by atoms with E-state index in [4.69, 9.17) is 4.52 Å². The number of piperidine rings is 1. The van der Waals surface area contributed by atoms with Crippen LogP contribution < -0.4 is 0 Å². The summed E-state index contributed by atoms with van der Waals surface area (Å²) in [6, 6.07) is 2.01. The average molecular weight is 301 g/mol. The second-order valence-electron chi connectivity index (χ2n) is 6.97. The fourth-order valence-corrected chi connectivity index (χ4v) is 2.81. The Hall–Kier alpha value is -1.82. The monoisotopic (exact) mass is 301 g/mol. The first kappa shape index (κ1) is 15.1. The highest BCUT2D eigenvalue weighted by molar-refractivity contribution is 5.08. The van der Waals surface area contributed by atoms with Gasteiger partial charge in [0, 0.05) is 29.8 Å². The first-order valence-corrected chi connectivity index (χ1v) is 7.84. The molecule has 0 aliphatic carbocycles. The minimum atomic E-state index is -0.101. The van der Waals surface area contributed by atoms with Gasteiger partial charge in [-0.25, -0.2) is 9.97 Å². The third-order valence-electron chi connectivity index (χ3n) is 4.00. The summed E-state index contributed by atoms with van der Waals surface area (Å²) in [5.74, 6) is 1.94. The Labute approximate surface area is 131 Å². The van der Waals surface area contributed by atoms with Crippen molar-refractivity contribution in [3.8, 4) is 0 Å². The van der Waals surface area contributed by atoms with Crippen LogP contribution in [0, 0.1) is 0 Å². The molecule has 2 aromatic rings. The van der Waals surface area contributed by atoms with Crippen molar-refractivity contribution in [2.75, 3.05) is 13.1 Å². The van der Waals surface area contributed by atoms with Gasteiger partial charge in [-0.1, -0.05) is 25.9 Å². The van der Waals surface area contributed by atoms with Crippen LogP contribution in [0.5, 0.6) is 0 Å². The second kappa shape index (κ2) is 6.12. The van der Waals surface area contributed by atoms with Gasteiger partial charge < -0.3 is 4.52 Å². The Morgan fingerprint density at radius 1 is 1.36 bits per heavy atom. The van der Waals surface area contributed by atoms with Gasteiger partial charge in [0.2, 0.25) is 5.89 Å². The Morgan fingerprint density at radius 2 is 2.23 bits per heavy atom. The van der Waals surface area contributed by atoms with Gasteiger partial charge in [0.05, 0.1) is 6.54 Å². The Kier molecular flexibility index (Phi) is 4.20. The van der Waals surface area contributed by atoms with Gasteiger partial charge >= 0.3 is 0 Å². The summed E-state index contributed by atoms with van der Waals surface area (Å²) in [6.45, 7) is 9.03. The van der Waals surface area contributed by atoms with E-state index in [0.29, 0.717) is 11.8 Å². The molecule has 3 rings (SSSR count). The highest BCUT2D eigenvalue weighted by Gasteiger charge is 2.25. The van der Waals surface area contributed by atoms with Gasteiger partial charge in [0.25, 0.3) is 0 Å². The van der Waals surface area contributed by atoms with E-state index in [1.54, 1.807) is 6.33 Å². The summed E-state index contributed by atoms with van der Waals surface area (Å²) in [6.07, 6.45) is 5.78. The minimum absolute atomic E-state index is 0.101. The molecule has 0 aromatic carbocycles. The second-order valence-corrected chi connectivity index (χ2v) is 6.97. The number of hydrogen-bond donors (Lipinski definition) is 0. The zero-order valence-corrected chi connectivity index (χ0v) is 13.5. The Balaban J connectivity index is 1.64. The van der Waals surface area contributed by atoms with Gasteiger partial charge in [-0.05, 0) is 25.5 Å². The van der Waals surface area contributed by atoms with Crippen molar-refractivity contribution in [1.82, 2.24) is 25.0 Å². The molecule has 2 aromatic heterocycles. The lowest BCUT2D eigenvalue weighted by Crippen LogP contribution is -2.34. The molecule has 1 aliphatic rings. The van der Waals surface area contributed by atoms with Crippen LogP contribution in [0.2, 0.25) is 0 Å². The largest absolute Gasteiger partial charge is 0.339 e. The molecular formula is C16H23N5O. The van der Waals surface area contributed by atoms with Crippen LogP contribution in [0.15, 0.2) is 23.1 Å². The molecule has 0 saturated carbocycles. The zero-order valence-electron chi connectivity index (χ0n) is 13.5. The molecule has 1 atom stereocenters. The fraction of sp³-hybridized carbons (Fsp3) is 0.625. The summed E-state index contributed by atoms with van der Waals surface area (Å²) in [7, 11) is 0. The van der Waals surface area contributed by atoms with Crippen molar-refractivity contribution in [2.45, 2.75) is 51.5 Å². The molecule has 0 unspecified atom stereocenters. The molecule has 1 saturated heterocycles. The number of rotatable bonds is 3. The molecule has 22 heavy (non-hydrogen) atoms. The van der Waals surface area contributed by atoms with Crippen LogP contribution in [0.25, 0.3) is 0 Å². The summed E-state index contributed by atoms with van der Waals surface area (Å²) in [4.78, 5) is 15.3. The SMILES string of the molecule is CC(C)(C)c1nc(CN2CCC[C@@H](c3ccncn3)C2)no1. The van der Waals surface area contributed by atoms with Crippen molar-refractivity contribution < 1.29 is 4.52 Å². The number of nitrogens with zero attached hydrogens (tertiary/aromatic N) is 5. The molecular weight excluding hydrogens is 278 g/mol. The van der Waals surface area contributed by atoms with Crippen molar-refractivity contribution >= 4 is 0 Å². The normalized spacial score (nSPS) is 20.2. The maximum atomic E-state index is 5.37. The number of aromatic nitrogens is 4. The van der Waals surface area contributed by atoms with Crippen LogP contribution >= 0.6 is 0 Å². The topological polar surface area (TPSA) is 67.9 Å². The van der Waals surface area contributed by atoms with Gasteiger partial charge in [-0.3, -0.25) is 4.90 Å². The minimum Gasteiger partial charge on any atom is -0.339 e. The third kappa shape index (κ3) is 3.50. The smallest absolute Gasteiger partial charge is 0.232 e. The van der Waals surface area contributed by atoms with Crippen LogP contribution in [0.3, 0.4) is 0 Å². The van der Waals surface area contributed by atoms with Crippen molar-refractivity contribution in [1.29, 1.82) is 0 Å². The number of likely N-dealkylation sites (tertiary alicyclic amines) is 1. The van der Waals surface area contributed by atoms with Gasteiger partial charge in [-0.15, -0.1) is 0 Å². The van der Waals surface area contributed by atoms with Gasteiger partial charge in [0.15, 0.2) is 5.82 Å². The van der Waals surface area contributed by atoms with Crippen molar-refractivity contribution in [3.63, 3.8) is 0 Å². The zero-order chi connectivity index (χ0) is 15.6. The summed E-state index contributed by atoms with van der Waals surface area (Å²) in [5.41, 5.74) is 1.03. The molecule has 6 nitrogen and oxygen atoms in total. The van der Waals surface area contributed by atoms with E-state index < -0.39 is 0 Å². The van der Waals surface area contributed by atoms with E-state index in [0.717, 1.165) is 31.2 Å². The van der Waals surface area contributed by atoms with Crippen LogP contribution in [-0.2, 0) is 12.0 Å². The molecule has 118 valence electrons. The third-order valence-corrected chi connectivity index (χ3v) is 4.00. The molecule has 6 heteroatoms. The summed E-state index contributed by atoms with van der Waals surface area (Å²) in [5, 5.41) is 4.12. The molecule has 0 bridgehead atoms. The molecule has 0 N–H and O–H groups in total. The van der Waals surface area contributed by atoms with E-state index in [-0.39, 0.29) is 5.41 Å². The van der Waals surface area contributed by atoms with E-state index in [9.17, 15) is 0 Å². The maximum absolute atomic E-state index is 5.37. The molecule has 3 heterocycles. The Bertz CT molecular complexity index is 604. The lowest BCUT2D eigenvalue weighted by molar-refractivity contribution is 0.191. The van der Waals surface area contributed by atoms with E-state index in [1.165, 1.54) is 12.8 Å². The van der Waals surface area contributed by atoms with Crippen LogP contribution in [-0.4, -0.2) is 38.1 Å². The first-order chi connectivity index (χ1) is 10.5. The van der Waals surface area contributed by atoms with Gasteiger partial charge in [-0.2, -0.15) is 4.98 Å². The van der Waals surface area contributed by atoms with E-state index >= 15 is 0 Å². The maximum Gasteiger partial charge on any atom is 0.232 e. The standard InChI is InChI=1S/C16H23N5O/c1-16(2,3)15-19-14(20-22-15)10-21-8-4-5-12(9-21)13-6-7-17-11-18-13/h6-7,11-12H,4-5,8-10H2,1-3H3/t12-/m1/s1. The predicted molar refractivity (Wildman–Crippen MR) is 82.3 cm³/mol. The molecule has 0 amide bonds. The predicted octanol–water partition coefficient (Wildman–Crippen LogP) is 2.54. The fourth-order valence-electron chi connectivity index (χ4n) is 2.81. The molecule has 0 spiro atoms. The van der Waals surface area contributed by atoms with Crippen LogP contribution in [0.1, 0.15) is 56.9 Å². The molecule has 1 aliphatic heterocycles. The average Bonchev–Trinajstić information content (AvgIpc) is 2.97. The lowest BCUT2D eigenvalue weighted by atomic mass is 9.94. The highest BCUT2D eigenvalue weighted by Crippen LogP contribution is 2.26. The quantitative estimate of drug-likeness (QED) is 0.868. The highest BCUT2D eigenvalue weighted by atomic mass is 16.5. The summed E-state index contributed by atoms with van der Waals surface area (Å²) < 4.78 is 5.37. The lowest BCUT2D eigenvalue weighted by Gasteiger charge is -2.31. The van der Waals surface area contributed by atoms with Gasteiger partial charge in [0.1, 0.15) is 6.33 Å². The van der Waals surface area contributed by atoms with E-state index in [1.807, 2.05) is 12.3 Å². The summed E-state index contributed by atoms with van der Waals surface area (Å²) >= 11 is 0.